The Morgan fingerprint density at radius 3 is 2.34 bits per heavy atom. The number of anilines is 1. The quantitative estimate of drug-likeness (QED) is 0.580. The van der Waals surface area contributed by atoms with Gasteiger partial charge < -0.3 is 14.5 Å². The van der Waals surface area contributed by atoms with Crippen LogP contribution in [0.2, 0.25) is 0 Å². The third-order valence-corrected chi connectivity index (χ3v) is 8.43. The van der Waals surface area contributed by atoms with Crippen LogP contribution in [0.1, 0.15) is 49.9 Å². The van der Waals surface area contributed by atoms with E-state index in [4.69, 9.17) is 4.74 Å². The molecular weight excluding hydrogens is 462 g/mol. The average molecular weight is 500 g/mol. The van der Waals surface area contributed by atoms with E-state index < -0.39 is 10.0 Å². The minimum absolute atomic E-state index is 0.0166. The Kier molecular flexibility index (Phi) is 8.34. The van der Waals surface area contributed by atoms with E-state index in [0.29, 0.717) is 29.5 Å². The molecule has 1 N–H and O–H groups in total. The second-order valence-electron chi connectivity index (χ2n) is 9.83. The molecule has 2 aromatic carbocycles. The van der Waals surface area contributed by atoms with Crippen molar-refractivity contribution in [3.8, 4) is 5.75 Å². The summed E-state index contributed by atoms with van der Waals surface area (Å²) in [6.45, 7) is 9.69. The molecule has 0 aliphatic carbocycles. The molecule has 2 aliphatic heterocycles. The molecule has 7 nitrogen and oxygen atoms in total. The SMILES string of the molecule is CCOc1ccc(S(=O)(=O)Nc2ccc(C(=O)N3CCCC(CN4CCC(C)CC4)C3)cc2)cc1. The number of hydrogen-bond acceptors (Lipinski definition) is 5. The molecule has 0 spiro atoms. The molecule has 2 aliphatic rings. The van der Waals surface area contributed by atoms with Gasteiger partial charge >= 0.3 is 0 Å². The lowest BCUT2D eigenvalue weighted by Gasteiger charge is -2.38. The summed E-state index contributed by atoms with van der Waals surface area (Å²) >= 11 is 0. The van der Waals surface area contributed by atoms with Crippen LogP contribution < -0.4 is 9.46 Å². The van der Waals surface area contributed by atoms with Crippen molar-refractivity contribution in [1.29, 1.82) is 0 Å². The fourth-order valence-corrected chi connectivity index (χ4v) is 6.03. The molecule has 2 fully saturated rings. The van der Waals surface area contributed by atoms with Crippen LogP contribution in [0.15, 0.2) is 53.4 Å². The molecule has 1 unspecified atom stereocenters. The first kappa shape index (κ1) is 25.5. The first-order valence-electron chi connectivity index (χ1n) is 12.7. The molecule has 1 atom stereocenters. The molecule has 8 heteroatoms. The Morgan fingerprint density at radius 1 is 1.00 bits per heavy atom. The summed E-state index contributed by atoms with van der Waals surface area (Å²) in [7, 11) is -3.73. The standard InChI is InChI=1S/C27H37N3O4S/c1-3-34-25-10-12-26(13-11-25)35(32,33)28-24-8-6-23(7-9-24)27(31)30-16-4-5-22(20-30)19-29-17-14-21(2)15-18-29/h6-13,21-22,28H,3-5,14-20H2,1-2H3. The number of ether oxygens (including phenoxy) is 1. The van der Waals surface area contributed by atoms with Gasteiger partial charge in [-0.15, -0.1) is 0 Å². The Labute approximate surface area is 209 Å². The number of benzene rings is 2. The summed E-state index contributed by atoms with van der Waals surface area (Å²) in [6.07, 6.45) is 4.73. The molecule has 2 heterocycles. The summed E-state index contributed by atoms with van der Waals surface area (Å²) in [6, 6.07) is 13.0. The van der Waals surface area contributed by atoms with Crippen LogP contribution in [0.3, 0.4) is 0 Å². The number of hydrogen-bond donors (Lipinski definition) is 1. The van der Waals surface area contributed by atoms with Gasteiger partial charge in [0.05, 0.1) is 11.5 Å². The third-order valence-electron chi connectivity index (χ3n) is 7.03. The van der Waals surface area contributed by atoms with E-state index in [9.17, 15) is 13.2 Å². The number of nitrogens with zero attached hydrogens (tertiary/aromatic N) is 2. The van der Waals surface area contributed by atoms with Crippen molar-refractivity contribution < 1.29 is 17.9 Å². The van der Waals surface area contributed by atoms with Gasteiger partial charge in [0.25, 0.3) is 15.9 Å². The lowest BCUT2D eigenvalue weighted by atomic mass is 9.94. The fraction of sp³-hybridized carbons (Fsp3) is 0.519. The normalized spacial score (nSPS) is 19.9. The maximum absolute atomic E-state index is 13.1. The second kappa shape index (κ2) is 11.4. The fourth-order valence-electron chi connectivity index (χ4n) is 4.97. The molecule has 0 aromatic heterocycles. The van der Waals surface area contributed by atoms with Crippen LogP contribution in [-0.2, 0) is 10.0 Å². The van der Waals surface area contributed by atoms with Crippen LogP contribution >= 0.6 is 0 Å². The molecule has 0 bridgehead atoms. The molecule has 35 heavy (non-hydrogen) atoms. The monoisotopic (exact) mass is 499 g/mol. The topological polar surface area (TPSA) is 78.9 Å². The molecule has 1 amide bonds. The zero-order chi connectivity index (χ0) is 24.8. The van der Waals surface area contributed by atoms with Crippen molar-refractivity contribution >= 4 is 21.6 Å². The number of carbonyl (C=O) groups excluding carboxylic acids is 1. The maximum Gasteiger partial charge on any atom is 0.261 e. The average Bonchev–Trinajstić information content (AvgIpc) is 2.86. The number of amides is 1. The van der Waals surface area contributed by atoms with Crippen molar-refractivity contribution in [2.45, 2.75) is 44.4 Å². The van der Waals surface area contributed by atoms with E-state index in [1.165, 1.54) is 44.5 Å². The molecule has 0 radical (unpaired) electrons. The van der Waals surface area contributed by atoms with Crippen molar-refractivity contribution in [2.24, 2.45) is 11.8 Å². The van der Waals surface area contributed by atoms with Crippen LogP contribution in [0.5, 0.6) is 5.75 Å². The van der Waals surface area contributed by atoms with Crippen molar-refractivity contribution in [1.82, 2.24) is 9.80 Å². The molecule has 2 aromatic rings. The minimum atomic E-state index is -3.73. The lowest BCUT2D eigenvalue weighted by Crippen LogP contribution is -2.45. The van der Waals surface area contributed by atoms with Crippen LogP contribution in [0, 0.1) is 11.8 Å². The Hall–Kier alpha value is -2.58. The molecule has 190 valence electrons. The van der Waals surface area contributed by atoms with Crippen molar-refractivity contribution in [3.05, 3.63) is 54.1 Å². The first-order chi connectivity index (χ1) is 16.8. The largest absolute Gasteiger partial charge is 0.494 e. The van der Waals surface area contributed by atoms with Gasteiger partial charge in [-0.3, -0.25) is 9.52 Å². The summed E-state index contributed by atoms with van der Waals surface area (Å²) in [5, 5.41) is 0. The zero-order valence-corrected chi connectivity index (χ0v) is 21.6. The van der Waals surface area contributed by atoms with Gasteiger partial charge in [0.1, 0.15) is 5.75 Å². The van der Waals surface area contributed by atoms with Crippen molar-refractivity contribution in [2.75, 3.05) is 44.1 Å². The first-order valence-corrected chi connectivity index (χ1v) is 14.2. The van der Waals surface area contributed by atoms with Gasteiger partial charge in [-0.2, -0.15) is 0 Å². The number of rotatable bonds is 8. The van der Waals surface area contributed by atoms with Gasteiger partial charge in [-0.1, -0.05) is 6.92 Å². The van der Waals surface area contributed by atoms with Crippen LogP contribution in [-0.4, -0.2) is 63.5 Å². The molecular formula is C27H37N3O4S. The van der Waals surface area contributed by atoms with E-state index >= 15 is 0 Å². The predicted molar refractivity (Wildman–Crippen MR) is 138 cm³/mol. The maximum atomic E-state index is 13.1. The number of sulfonamides is 1. The summed E-state index contributed by atoms with van der Waals surface area (Å²) in [5.74, 6) is 1.98. The van der Waals surface area contributed by atoms with Crippen molar-refractivity contribution in [3.63, 3.8) is 0 Å². The van der Waals surface area contributed by atoms with Gasteiger partial charge in [-0.25, -0.2) is 8.42 Å². The highest BCUT2D eigenvalue weighted by Crippen LogP contribution is 2.24. The molecule has 4 rings (SSSR count). The summed E-state index contributed by atoms with van der Waals surface area (Å²) in [4.78, 5) is 17.8. The Morgan fingerprint density at radius 2 is 1.69 bits per heavy atom. The van der Waals surface area contributed by atoms with E-state index in [2.05, 4.69) is 16.5 Å². The van der Waals surface area contributed by atoms with E-state index in [0.717, 1.165) is 32.0 Å². The zero-order valence-electron chi connectivity index (χ0n) is 20.8. The van der Waals surface area contributed by atoms with Gasteiger partial charge in [0.2, 0.25) is 0 Å². The smallest absolute Gasteiger partial charge is 0.261 e. The molecule has 2 saturated heterocycles. The summed E-state index contributed by atoms with van der Waals surface area (Å²) in [5.41, 5.74) is 1.01. The van der Waals surface area contributed by atoms with Gasteiger partial charge in [0, 0.05) is 30.9 Å². The number of piperidine rings is 2. The van der Waals surface area contributed by atoms with E-state index in [-0.39, 0.29) is 10.8 Å². The highest BCUT2D eigenvalue weighted by molar-refractivity contribution is 7.92. The lowest BCUT2D eigenvalue weighted by molar-refractivity contribution is 0.0622. The van der Waals surface area contributed by atoms with Crippen LogP contribution in [0.25, 0.3) is 0 Å². The molecule has 0 saturated carbocycles. The van der Waals surface area contributed by atoms with Crippen LogP contribution in [0.4, 0.5) is 5.69 Å². The highest BCUT2D eigenvalue weighted by atomic mass is 32.2. The Bertz CT molecular complexity index is 1080. The van der Waals surface area contributed by atoms with E-state index in [1.54, 1.807) is 36.4 Å². The number of likely N-dealkylation sites (tertiary alicyclic amines) is 2. The van der Waals surface area contributed by atoms with Gasteiger partial charge in [-0.05, 0) is 106 Å². The van der Waals surface area contributed by atoms with Gasteiger partial charge in [0.15, 0.2) is 0 Å². The minimum Gasteiger partial charge on any atom is -0.494 e. The third kappa shape index (κ3) is 6.76. The summed E-state index contributed by atoms with van der Waals surface area (Å²) < 4.78 is 33.4. The Balaban J connectivity index is 1.34. The highest BCUT2D eigenvalue weighted by Gasteiger charge is 2.27. The number of carbonyl (C=O) groups is 1. The number of nitrogens with one attached hydrogen (secondary N) is 1. The predicted octanol–water partition coefficient (Wildman–Crippen LogP) is 4.47. The van der Waals surface area contributed by atoms with E-state index in [1.807, 2.05) is 11.8 Å². The second-order valence-corrected chi connectivity index (χ2v) is 11.5.